The molecular weight excluding hydrogens is 314 g/mol. The second-order valence-corrected chi connectivity index (χ2v) is 8.11. The zero-order valence-electron chi connectivity index (χ0n) is 13.4. The Bertz CT molecular complexity index is 787. The van der Waals surface area contributed by atoms with Gasteiger partial charge in [-0.1, -0.05) is 0 Å². The molecule has 3 heterocycles. The molecule has 0 N–H and O–H groups in total. The Kier molecular flexibility index (Phi) is 4.45. The Morgan fingerprint density at radius 3 is 2.83 bits per heavy atom. The van der Waals surface area contributed by atoms with Crippen molar-refractivity contribution in [2.24, 2.45) is 13.0 Å². The van der Waals surface area contributed by atoms with Gasteiger partial charge in [-0.3, -0.25) is 9.67 Å². The van der Waals surface area contributed by atoms with E-state index in [-0.39, 0.29) is 5.92 Å². The maximum Gasteiger partial charge on any atom is 0.211 e. The SMILES string of the molecule is Cn1cc(-c2cncc(C[C@@H]3CCCN(S(C)(=O)=O)C3)n2)cn1. The van der Waals surface area contributed by atoms with Crippen LogP contribution in [0.3, 0.4) is 0 Å². The van der Waals surface area contributed by atoms with Gasteiger partial charge in [-0.25, -0.2) is 17.7 Å². The minimum absolute atomic E-state index is 0.289. The van der Waals surface area contributed by atoms with Crippen molar-refractivity contribution in [3.8, 4) is 11.3 Å². The van der Waals surface area contributed by atoms with Crippen molar-refractivity contribution in [1.82, 2.24) is 24.1 Å². The van der Waals surface area contributed by atoms with E-state index in [2.05, 4.69) is 15.1 Å². The van der Waals surface area contributed by atoms with Crippen LogP contribution < -0.4 is 0 Å². The van der Waals surface area contributed by atoms with Crippen LogP contribution >= 0.6 is 0 Å². The second kappa shape index (κ2) is 6.37. The highest BCUT2D eigenvalue weighted by molar-refractivity contribution is 7.88. The first-order valence-corrected chi connectivity index (χ1v) is 9.52. The number of hydrogen-bond donors (Lipinski definition) is 0. The lowest BCUT2D eigenvalue weighted by atomic mass is 9.95. The summed E-state index contributed by atoms with van der Waals surface area (Å²) in [4.78, 5) is 8.93. The standard InChI is InChI=1S/C15H21N5O2S/c1-19-11-13(7-17-19)15-9-16-8-14(18-15)6-12-4-3-5-20(10-12)23(2,21)22/h7-9,11-12H,3-6,10H2,1-2H3/t12-/m0/s1. The van der Waals surface area contributed by atoms with Crippen molar-refractivity contribution in [3.05, 3.63) is 30.5 Å². The Morgan fingerprint density at radius 1 is 1.30 bits per heavy atom. The van der Waals surface area contributed by atoms with Crippen LogP contribution in [0.5, 0.6) is 0 Å². The lowest BCUT2D eigenvalue weighted by Crippen LogP contribution is -2.39. The number of hydrogen-bond acceptors (Lipinski definition) is 5. The molecule has 1 atom stereocenters. The van der Waals surface area contributed by atoms with E-state index >= 15 is 0 Å². The maximum atomic E-state index is 11.7. The van der Waals surface area contributed by atoms with Gasteiger partial charge in [0.05, 0.1) is 30.0 Å². The van der Waals surface area contributed by atoms with Crippen LogP contribution in [0.25, 0.3) is 11.3 Å². The summed E-state index contributed by atoms with van der Waals surface area (Å²) in [6.07, 6.45) is 11.1. The molecule has 0 spiro atoms. The number of aromatic nitrogens is 4. The lowest BCUT2D eigenvalue weighted by Gasteiger charge is -2.30. The predicted octanol–water partition coefficient (Wildman–Crippen LogP) is 1.09. The molecule has 0 unspecified atom stereocenters. The van der Waals surface area contributed by atoms with E-state index < -0.39 is 10.0 Å². The molecule has 2 aromatic rings. The molecule has 1 fully saturated rings. The van der Waals surface area contributed by atoms with Crippen molar-refractivity contribution in [1.29, 1.82) is 0 Å². The maximum absolute atomic E-state index is 11.7. The average molecular weight is 335 g/mol. The molecule has 1 saturated heterocycles. The fourth-order valence-corrected chi connectivity index (χ4v) is 3.93. The quantitative estimate of drug-likeness (QED) is 0.835. The van der Waals surface area contributed by atoms with E-state index in [0.29, 0.717) is 13.1 Å². The summed E-state index contributed by atoms with van der Waals surface area (Å²) in [6.45, 7) is 1.19. The molecule has 8 heteroatoms. The van der Waals surface area contributed by atoms with Gasteiger partial charge in [0.1, 0.15) is 0 Å². The third-order valence-electron chi connectivity index (χ3n) is 4.13. The van der Waals surface area contributed by atoms with Gasteiger partial charge in [-0.2, -0.15) is 5.10 Å². The number of nitrogens with zero attached hydrogens (tertiary/aromatic N) is 5. The molecule has 1 aliphatic heterocycles. The molecule has 124 valence electrons. The smallest absolute Gasteiger partial charge is 0.211 e. The molecule has 0 radical (unpaired) electrons. The van der Waals surface area contributed by atoms with Crippen LogP contribution in [0, 0.1) is 5.92 Å². The molecule has 3 rings (SSSR count). The number of aryl methyl sites for hydroxylation is 1. The molecule has 0 amide bonds. The van der Waals surface area contributed by atoms with E-state index in [1.807, 2.05) is 13.2 Å². The van der Waals surface area contributed by atoms with Gasteiger partial charge in [-0.05, 0) is 25.2 Å². The first-order chi connectivity index (χ1) is 10.9. The molecule has 23 heavy (non-hydrogen) atoms. The zero-order valence-corrected chi connectivity index (χ0v) is 14.2. The van der Waals surface area contributed by atoms with E-state index in [4.69, 9.17) is 0 Å². The second-order valence-electron chi connectivity index (χ2n) is 6.13. The van der Waals surface area contributed by atoms with Gasteiger partial charge < -0.3 is 0 Å². The van der Waals surface area contributed by atoms with Crippen molar-refractivity contribution in [3.63, 3.8) is 0 Å². The van der Waals surface area contributed by atoms with Gasteiger partial charge in [0, 0.05) is 38.1 Å². The highest BCUT2D eigenvalue weighted by atomic mass is 32.2. The normalized spacial score (nSPS) is 19.8. The summed E-state index contributed by atoms with van der Waals surface area (Å²) >= 11 is 0. The van der Waals surface area contributed by atoms with Gasteiger partial charge in [0.25, 0.3) is 0 Å². The third kappa shape index (κ3) is 3.94. The number of sulfonamides is 1. The van der Waals surface area contributed by atoms with Crippen LogP contribution in [0.1, 0.15) is 18.5 Å². The summed E-state index contributed by atoms with van der Waals surface area (Å²) in [5.41, 5.74) is 2.63. The Morgan fingerprint density at radius 2 is 2.13 bits per heavy atom. The summed E-state index contributed by atoms with van der Waals surface area (Å²) in [5, 5.41) is 4.15. The van der Waals surface area contributed by atoms with Crippen molar-refractivity contribution < 1.29 is 8.42 Å². The van der Waals surface area contributed by atoms with Crippen molar-refractivity contribution >= 4 is 10.0 Å². The van der Waals surface area contributed by atoms with Crippen LogP contribution in [-0.4, -0.2) is 51.8 Å². The van der Waals surface area contributed by atoms with E-state index in [0.717, 1.165) is 36.2 Å². The lowest BCUT2D eigenvalue weighted by molar-refractivity contribution is 0.265. The predicted molar refractivity (Wildman–Crippen MR) is 87.1 cm³/mol. The fraction of sp³-hybridized carbons (Fsp3) is 0.533. The highest BCUT2D eigenvalue weighted by Gasteiger charge is 2.26. The van der Waals surface area contributed by atoms with Gasteiger partial charge in [0.15, 0.2) is 0 Å². The average Bonchev–Trinajstić information content (AvgIpc) is 2.94. The molecule has 0 saturated carbocycles. The number of piperidine rings is 1. The van der Waals surface area contributed by atoms with Crippen molar-refractivity contribution in [2.75, 3.05) is 19.3 Å². The Hall–Kier alpha value is -1.80. The zero-order chi connectivity index (χ0) is 16.4. The first kappa shape index (κ1) is 16.1. The molecular formula is C15H21N5O2S. The van der Waals surface area contributed by atoms with Crippen LogP contribution in [0.2, 0.25) is 0 Å². The number of rotatable bonds is 4. The molecule has 1 aliphatic rings. The topological polar surface area (TPSA) is 81.0 Å². The van der Waals surface area contributed by atoms with Gasteiger partial charge in [-0.15, -0.1) is 0 Å². The van der Waals surface area contributed by atoms with Crippen molar-refractivity contribution in [2.45, 2.75) is 19.3 Å². The molecule has 7 nitrogen and oxygen atoms in total. The largest absolute Gasteiger partial charge is 0.275 e. The minimum atomic E-state index is -3.11. The molecule has 0 aromatic carbocycles. The summed E-state index contributed by atoms with van der Waals surface area (Å²) in [6, 6.07) is 0. The van der Waals surface area contributed by atoms with Crippen LogP contribution in [0.15, 0.2) is 24.8 Å². The van der Waals surface area contributed by atoms with Crippen LogP contribution in [-0.2, 0) is 23.5 Å². The Balaban J connectivity index is 1.73. The molecule has 2 aromatic heterocycles. The molecule has 0 aliphatic carbocycles. The summed E-state index contributed by atoms with van der Waals surface area (Å²) in [5.74, 6) is 0.289. The molecule has 0 bridgehead atoms. The fourth-order valence-electron chi connectivity index (χ4n) is 2.99. The summed E-state index contributed by atoms with van der Waals surface area (Å²) in [7, 11) is -1.25. The van der Waals surface area contributed by atoms with E-state index in [1.54, 1.807) is 27.6 Å². The monoisotopic (exact) mass is 335 g/mol. The van der Waals surface area contributed by atoms with Crippen LogP contribution in [0.4, 0.5) is 0 Å². The summed E-state index contributed by atoms with van der Waals surface area (Å²) < 4.78 is 26.7. The minimum Gasteiger partial charge on any atom is -0.275 e. The Labute approximate surface area is 136 Å². The van der Waals surface area contributed by atoms with Gasteiger partial charge in [0.2, 0.25) is 10.0 Å². The highest BCUT2D eigenvalue weighted by Crippen LogP contribution is 2.23. The van der Waals surface area contributed by atoms with Gasteiger partial charge >= 0.3 is 0 Å². The third-order valence-corrected chi connectivity index (χ3v) is 5.40. The van der Waals surface area contributed by atoms with E-state index in [9.17, 15) is 8.42 Å². The first-order valence-electron chi connectivity index (χ1n) is 7.67. The van der Waals surface area contributed by atoms with E-state index in [1.165, 1.54) is 6.26 Å².